The molecule has 0 saturated carbocycles. The number of ether oxygens (including phenoxy) is 1. The fourth-order valence-corrected chi connectivity index (χ4v) is 4.63. The van der Waals surface area contributed by atoms with Gasteiger partial charge in [0.2, 0.25) is 0 Å². The van der Waals surface area contributed by atoms with Crippen LogP contribution >= 0.6 is 0 Å². The van der Waals surface area contributed by atoms with Gasteiger partial charge < -0.3 is 9.64 Å². The number of Topliss-reactive ketones (excluding diaryl/α,β-unsaturated/α-hetero) is 1. The van der Waals surface area contributed by atoms with Crippen LogP contribution in [0.4, 0.5) is 18.0 Å². The highest BCUT2D eigenvalue weighted by Gasteiger charge is 2.44. The molecule has 3 heterocycles. The average Bonchev–Trinajstić information content (AvgIpc) is 2.76. The minimum absolute atomic E-state index is 0.105. The van der Waals surface area contributed by atoms with Crippen LogP contribution in [0.25, 0.3) is 0 Å². The van der Waals surface area contributed by atoms with E-state index in [-0.39, 0.29) is 42.0 Å². The van der Waals surface area contributed by atoms with Crippen LogP contribution in [0.15, 0.2) is 48.7 Å². The van der Waals surface area contributed by atoms with Gasteiger partial charge in [-0.2, -0.15) is 13.2 Å². The van der Waals surface area contributed by atoms with Crippen LogP contribution in [0.5, 0.6) is 0 Å². The van der Waals surface area contributed by atoms with E-state index in [1.165, 1.54) is 6.07 Å². The second kappa shape index (κ2) is 8.69. The molecule has 0 spiro atoms. The molecule has 0 radical (unpaired) electrons. The first-order chi connectivity index (χ1) is 14.8. The van der Waals surface area contributed by atoms with Gasteiger partial charge >= 0.3 is 12.3 Å². The summed E-state index contributed by atoms with van der Waals surface area (Å²) in [5.41, 5.74) is 0.0638. The standard InChI is InChI=1S/C23H23F3N2O3/c24-23(25,26)20-10-9-16(13-27-20)21(29)17-11-18-7-4-8-19(12-17)28(18)22(30)31-14-15-5-2-1-3-6-15/h1-3,5-6,9-10,13,17-19H,4,7-8,11-12,14H2. The van der Waals surface area contributed by atoms with Crippen LogP contribution in [-0.4, -0.2) is 33.8 Å². The van der Waals surface area contributed by atoms with Gasteiger partial charge in [-0.15, -0.1) is 0 Å². The Morgan fingerprint density at radius 1 is 1.03 bits per heavy atom. The predicted molar refractivity (Wildman–Crippen MR) is 106 cm³/mol. The molecule has 0 N–H and O–H groups in total. The molecule has 2 aliphatic heterocycles. The molecule has 2 bridgehead atoms. The topological polar surface area (TPSA) is 59.5 Å². The molecule has 2 aliphatic rings. The van der Waals surface area contributed by atoms with Gasteiger partial charge in [-0.25, -0.2) is 4.79 Å². The van der Waals surface area contributed by atoms with E-state index in [9.17, 15) is 22.8 Å². The molecule has 2 atom stereocenters. The lowest BCUT2D eigenvalue weighted by molar-refractivity contribution is -0.141. The third kappa shape index (κ3) is 4.73. The van der Waals surface area contributed by atoms with Gasteiger partial charge in [-0.1, -0.05) is 30.3 Å². The van der Waals surface area contributed by atoms with E-state index < -0.39 is 11.9 Å². The van der Waals surface area contributed by atoms with Crippen molar-refractivity contribution in [1.82, 2.24) is 9.88 Å². The third-order valence-electron chi connectivity index (χ3n) is 6.10. The molecule has 31 heavy (non-hydrogen) atoms. The number of pyridine rings is 1. The molecule has 8 heteroatoms. The molecule has 4 rings (SSSR count). The summed E-state index contributed by atoms with van der Waals surface area (Å²) in [4.78, 5) is 30.9. The summed E-state index contributed by atoms with van der Waals surface area (Å²) in [6.45, 7) is 0.190. The number of aromatic nitrogens is 1. The van der Waals surface area contributed by atoms with E-state index in [0.29, 0.717) is 12.8 Å². The van der Waals surface area contributed by atoms with Crippen LogP contribution in [0, 0.1) is 5.92 Å². The second-order valence-electron chi connectivity index (χ2n) is 8.15. The normalized spacial score (nSPS) is 23.3. The van der Waals surface area contributed by atoms with Crippen LogP contribution in [-0.2, 0) is 17.5 Å². The van der Waals surface area contributed by atoms with Crippen molar-refractivity contribution >= 4 is 11.9 Å². The number of halogens is 3. The van der Waals surface area contributed by atoms with Gasteiger partial charge in [0.25, 0.3) is 0 Å². The Bertz CT molecular complexity index is 917. The fourth-order valence-electron chi connectivity index (χ4n) is 4.63. The van der Waals surface area contributed by atoms with Gasteiger partial charge in [-0.3, -0.25) is 9.78 Å². The molecule has 2 saturated heterocycles. The Labute approximate surface area is 178 Å². The van der Waals surface area contributed by atoms with Crippen molar-refractivity contribution in [2.24, 2.45) is 5.92 Å². The molecule has 2 fully saturated rings. The van der Waals surface area contributed by atoms with E-state index in [1.807, 2.05) is 30.3 Å². The Morgan fingerprint density at radius 3 is 2.29 bits per heavy atom. The van der Waals surface area contributed by atoms with Crippen molar-refractivity contribution < 1.29 is 27.5 Å². The molecule has 5 nitrogen and oxygen atoms in total. The number of fused-ring (bicyclic) bond motifs is 2. The number of rotatable bonds is 4. The van der Waals surface area contributed by atoms with Crippen LogP contribution in [0.2, 0.25) is 0 Å². The Kier molecular flexibility index (Phi) is 5.98. The maximum absolute atomic E-state index is 12.9. The zero-order valence-electron chi connectivity index (χ0n) is 16.8. The van der Waals surface area contributed by atoms with E-state index in [2.05, 4.69) is 4.98 Å². The summed E-state index contributed by atoms with van der Waals surface area (Å²) in [6.07, 6.45) is -0.405. The largest absolute Gasteiger partial charge is 0.445 e. The summed E-state index contributed by atoms with van der Waals surface area (Å²) in [5, 5.41) is 0. The number of carbonyl (C=O) groups excluding carboxylic acids is 2. The summed E-state index contributed by atoms with van der Waals surface area (Å²) in [5.74, 6) is -0.553. The molecule has 164 valence electrons. The number of carbonyl (C=O) groups is 2. The molecular weight excluding hydrogens is 409 g/mol. The lowest BCUT2D eigenvalue weighted by Gasteiger charge is -2.47. The average molecular weight is 432 g/mol. The minimum atomic E-state index is -4.54. The van der Waals surface area contributed by atoms with Crippen molar-refractivity contribution in [3.8, 4) is 0 Å². The highest BCUT2D eigenvalue weighted by atomic mass is 19.4. The van der Waals surface area contributed by atoms with Crippen LogP contribution in [0.1, 0.15) is 53.7 Å². The zero-order chi connectivity index (χ0) is 22.0. The van der Waals surface area contributed by atoms with Gasteiger partial charge in [0, 0.05) is 29.8 Å². The Balaban J connectivity index is 1.41. The maximum atomic E-state index is 12.9. The Morgan fingerprint density at radius 2 is 1.71 bits per heavy atom. The van der Waals surface area contributed by atoms with E-state index in [4.69, 9.17) is 4.74 Å². The molecule has 1 aromatic heterocycles. The van der Waals surface area contributed by atoms with Gasteiger partial charge in [-0.05, 0) is 49.8 Å². The summed E-state index contributed by atoms with van der Waals surface area (Å²) in [7, 11) is 0. The Hall–Kier alpha value is -2.90. The summed E-state index contributed by atoms with van der Waals surface area (Å²) in [6, 6.07) is 11.2. The first-order valence-electron chi connectivity index (χ1n) is 10.4. The van der Waals surface area contributed by atoms with Crippen molar-refractivity contribution in [2.75, 3.05) is 0 Å². The van der Waals surface area contributed by atoms with Gasteiger partial charge in [0.15, 0.2) is 5.78 Å². The van der Waals surface area contributed by atoms with Crippen LogP contribution in [0.3, 0.4) is 0 Å². The first kappa shape index (κ1) is 21.3. The van der Waals surface area contributed by atoms with E-state index in [0.717, 1.165) is 37.1 Å². The number of benzene rings is 1. The molecule has 1 aromatic carbocycles. The summed E-state index contributed by atoms with van der Waals surface area (Å²) < 4.78 is 43.7. The van der Waals surface area contributed by atoms with Crippen molar-refractivity contribution in [3.05, 3.63) is 65.5 Å². The second-order valence-corrected chi connectivity index (χ2v) is 8.15. The fraction of sp³-hybridized carbons (Fsp3) is 0.435. The number of hydrogen-bond donors (Lipinski definition) is 0. The van der Waals surface area contributed by atoms with E-state index >= 15 is 0 Å². The highest BCUT2D eigenvalue weighted by Crippen LogP contribution is 2.39. The number of alkyl halides is 3. The van der Waals surface area contributed by atoms with Crippen molar-refractivity contribution in [1.29, 1.82) is 0 Å². The van der Waals surface area contributed by atoms with Crippen molar-refractivity contribution in [2.45, 2.75) is 57.0 Å². The predicted octanol–water partition coefficient (Wildman–Crippen LogP) is 5.25. The quantitative estimate of drug-likeness (QED) is 0.619. The summed E-state index contributed by atoms with van der Waals surface area (Å²) >= 11 is 0. The smallest absolute Gasteiger partial charge is 0.433 e. The highest BCUT2D eigenvalue weighted by molar-refractivity contribution is 5.97. The lowest BCUT2D eigenvalue weighted by Crippen LogP contribution is -2.55. The molecule has 2 unspecified atom stereocenters. The van der Waals surface area contributed by atoms with Crippen molar-refractivity contribution in [3.63, 3.8) is 0 Å². The molecule has 1 amide bonds. The molecule has 0 aliphatic carbocycles. The minimum Gasteiger partial charge on any atom is -0.445 e. The number of hydrogen-bond acceptors (Lipinski definition) is 4. The maximum Gasteiger partial charge on any atom is 0.433 e. The zero-order valence-corrected chi connectivity index (χ0v) is 16.8. The SMILES string of the molecule is O=C(c1ccc(C(F)(F)F)nc1)C1CC2CCCC(C1)N2C(=O)OCc1ccccc1. The van der Waals surface area contributed by atoms with Gasteiger partial charge in [0.1, 0.15) is 12.3 Å². The monoisotopic (exact) mass is 432 g/mol. The first-order valence-corrected chi connectivity index (χ1v) is 10.4. The number of nitrogens with zero attached hydrogens (tertiary/aromatic N) is 2. The number of piperidine rings is 2. The lowest BCUT2D eigenvalue weighted by atomic mass is 9.76. The third-order valence-corrected chi connectivity index (χ3v) is 6.10. The number of ketones is 1. The molecular formula is C23H23F3N2O3. The van der Waals surface area contributed by atoms with Crippen LogP contribution < -0.4 is 0 Å². The number of amides is 1. The van der Waals surface area contributed by atoms with Gasteiger partial charge in [0.05, 0.1) is 0 Å². The molecule has 2 aromatic rings. The van der Waals surface area contributed by atoms with E-state index in [1.54, 1.807) is 4.90 Å².